The average molecular weight is 459 g/mol. The van der Waals surface area contributed by atoms with Crippen molar-refractivity contribution in [2.45, 2.75) is 31.3 Å². The van der Waals surface area contributed by atoms with Crippen LogP contribution >= 0.6 is 0 Å². The SMILES string of the molecule is C[C@H](CC(=O)O)NC(=O)C(NC(=O)OCC1c2ccccc2-c2ccccc21)c1ccccc1. The minimum absolute atomic E-state index is 0.0993. The number of hydrogen-bond donors (Lipinski definition) is 3. The average Bonchev–Trinajstić information content (AvgIpc) is 3.15. The highest BCUT2D eigenvalue weighted by Gasteiger charge is 2.30. The van der Waals surface area contributed by atoms with E-state index in [1.165, 1.54) is 0 Å². The molecule has 3 aromatic rings. The van der Waals surface area contributed by atoms with Crippen LogP contribution in [0.15, 0.2) is 78.9 Å². The number of rotatable bonds is 8. The van der Waals surface area contributed by atoms with E-state index in [1.54, 1.807) is 37.3 Å². The van der Waals surface area contributed by atoms with E-state index in [1.807, 2.05) is 36.4 Å². The fraction of sp³-hybridized carbons (Fsp3) is 0.222. The topological polar surface area (TPSA) is 105 Å². The van der Waals surface area contributed by atoms with E-state index >= 15 is 0 Å². The molecule has 0 fully saturated rings. The van der Waals surface area contributed by atoms with Crippen molar-refractivity contribution in [2.75, 3.05) is 6.61 Å². The van der Waals surface area contributed by atoms with Crippen molar-refractivity contribution in [2.24, 2.45) is 0 Å². The fourth-order valence-electron chi connectivity index (χ4n) is 4.34. The number of amides is 2. The van der Waals surface area contributed by atoms with Gasteiger partial charge in [-0.2, -0.15) is 0 Å². The number of benzene rings is 3. The maximum atomic E-state index is 12.9. The second kappa shape index (κ2) is 10.2. The van der Waals surface area contributed by atoms with E-state index < -0.39 is 30.1 Å². The van der Waals surface area contributed by atoms with Crippen molar-refractivity contribution in [3.8, 4) is 11.1 Å². The molecule has 2 atom stereocenters. The Kier molecular flexibility index (Phi) is 6.92. The Hall–Kier alpha value is -4.13. The molecule has 34 heavy (non-hydrogen) atoms. The van der Waals surface area contributed by atoms with E-state index in [-0.39, 0.29) is 18.9 Å². The second-order valence-corrected chi connectivity index (χ2v) is 8.32. The lowest BCUT2D eigenvalue weighted by Crippen LogP contribution is -2.44. The molecule has 4 rings (SSSR count). The normalized spacial score (nSPS) is 13.8. The molecule has 1 aliphatic carbocycles. The molecule has 3 N–H and O–H groups in total. The monoisotopic (exact) mass is 458 g/mol. The Bertz CT molecular complexity index is 1150. The van der Waals surface area contributed by atoms with Crippen LogP contribution in [0.25, 0.3) is 11.1 Å². The molecule has 7 heteroatoms. The first kappa shape index (κ1) is 23.0. The number of aliphatic carboxylic acids is 1. The molecule has 0 radical (unpaired) electrons. The van der Waals surface area contributed by atoms with Crippen LogP contribution in [0.2, 0.25) is 0 Å². The van der Waals surface area contributed by atoms with Gasteiger partial charge in [-0.05, 0) is 34.7 Å². The largest absolute Gasteiger partial charge is 0.481 e. The summed E-state index contributed by atoms with van der Waals surface area (Å²) in [5.74, 6) is -1.63. The van der Waals surface area contributed by atoms with Crippen LogP contribution in [0, 0.1) is 0 Å². The van der Waals surface area contributed by atoms with Gasteiger partial charge in [0.05, 0.1) is 6.42 Å². The lowest BCUT2D eigenvalue weighted by atomic mass is 9.98. The quantitative estimate of drug-likeness (QED) is 0.468. The highest BCUT2D eigenvalue weighted by atomic mass is 16.5. The van der Waals surface area contributed by atoms with Crippen LogP contribution in [-0.4, -0.2) is 35.7 Å². The van der Waals surface area contributed by atoms with Gasteiger partial charge in [0.15, 0.2) is 0 Å². The van der Waals surface area contributed by atoms with Gasteiger partial charge in [-0.15, -0.1) is 0 Å². The third kappa shape index (κ3) is 5.09. The van der Waals surface area contributed by atoms with Crippen LogP contribution < -0.4 is 10.6 Å². The third-order valence-corrected chi connectivity index (χ3v) is 5.87. The standard InChI is InChI=1S/C27H26N2O5/c1-17(15-24(30)31)28-26(32)25(18-9-3-2-4-10-18)29-27(33)34-16-23-21-13-7-5-11-19(21)20-12-6-8-14-22(20)23/h2-14,17,23,25H,15-16H2,1H3,(H,28,32)(H,29,33)(H,30,31)/t17-,25?/m1/s1. The summed E-state index contributed by atoms with van der Waals surface area (Å²) in [4.78, 5) is 36.6. The number of carbonyl (C=O) groups excluding carboxylic acids is 2. The molecule has 1 aliphatic rings. The van der Waals surface area contributed by atoms with Crippen molar-refractivity contribution in [3.63, 3.8) is 0 Å². The summed E-state index contributed by atoms with van der Waals surface area (Å²) in [6.07, 6.45) is -0.949. The Morgan fingerprint density at radius 2 is 1.41 bits per heavy atom. The highest BCUT2D eigenvalue weighted by molar-refractivity contribution is 5.87. The van der Waals surface area contributed by atoms with Crippen LogP contribution in [0.3, 0.4) is 0 Å². The molecule has 174 valence electrons. The van der Waals surface area contributed by atoms with E-state index in [4.69, 9.17) is 9.84 Å². The highest BCUT2D eigenvalue weighted by Crippen LogP contribution is 2.44. The lowest BCUT2D eigenvalue weighted by molar-refractivity contribution is -0.137. The van der Waals surface area contributed by atoms with Crippen molar-refractivity contribution in [1.29, 1.82) is 0 Å². The first-order valence-corrected chi connectivity index (χ1v) is 11.1. The van der Waals surface area contributed by atoms with Gasteiger partial charge in [0.1, 0.15) is 12.6 Å². The number of carboxylic acid groups (broad SMARTS) is 1. The van der Waals surface area contributed by atoms with Gasteiger partial charge in [-0.3, -0.25) is 9.59 Å². The summed E-state index contributed by atoms with van der Waals surface area (Å²) >= 11 is 0. The summed E-state index contributed by atoms with van der Waals surface area (Å²) in [6, 6.07) is 23.2. The number of nitrogens with one attached hydrogen (secondary N) is 2. The molecule has 3 aromatic carbocycles. The zero-order valence-corrected chi connectivity index (χ0v) is 18.7. The number of ether oxygens (including phenoxy) is 1. The molecule has 0 saturated carbocycles. The van der Waals surface area contributed by atoms with Crippen LogP contribution in [0.4, 0.5) is 4.79 Å². The molecule has 1 unspecified atom stereocenters. The number of alkyl carbamates (subject to hydrolysis) is 1. The number of carbonyl (C=O) groups is 3. The summed E-state index contributed by atoms with van der Waals surface area (Å²) in [6.45, 7) is 1.72. The molecule has 0 aliphatic heterocycles. The first-order chi connectivity index (χ1) is 16.4. The van der Waals surface area contributed by atoms with Crippen molar-refractivity contribution < 1.29 is 24.2 Å². The zero-order valence-electron chi connectivity index (χ0n) is 18.7. The summed E-state index contributed by atoms with van der Waals surface area (Å²) in [5.41, 5.74) is 5.01. The summed E-state index contributed by atoms with van der Waals surface area (Å²) in [7, 11) is 0. The molecule has 2 amide bonds. The van der Waals surface area contributed by atoms with E-state index in [0.29, 0.717) is 5.56 Å². The second-order valence-electron chi connectivity index (χ2n) is 8.32. The zero-order chi connectivity index (χ0) is 24.1. The van der Waals surface area contributed by atoms with Gasteiger partial charge in [-0.1, -0.05) is 78.9 Å². The van der Waals surface area contributed by atoms with Crippen molar-refractivity contribution in [1.82, 2.24) is 10.6 Å². The maximum Gasteiger partial charge on any atom is 0.408 e. The molecular formula is C27H26N2O5. The van der Waals surface area contributed by atoms with E-state index in [9.17, 15) is 14.4 Å². The minimum Gasteiger partial charge on any atom is -0.481 e. The lowest BCUT2D eigenvalue weighted by Gasteiger charge is -2.22. The molecule has 0 heterocycles. The molecule has 0 spiro atoms. The van der Waals surface area contributed by atoms with Crippen LogP contribution in [-0.2, 0) is 14.3 Å². The minimum atomic E-state index is -1.02. The summed E-state index contributed by atoms with van der Waals surface area (Å²) in [5, 5.41) is 14.3. The predicted molar refractivity (Wildman–Crippen MR) is 127 cm³/mol. The molecular weight excluding hydrogens is 432 g/mol. The number of carboxylic acids is 1. The van der Waals surface area contributed by atoms with Gasteiger partial charge < -0.3 is 20.5 Å². The Morgan fingerprint density at radius 1 is 0.853 bits per heavy atom. The molecule has 7 nitrogen and oxygen atoms in total. The van der Waals surface area contributed by atoms with Gasteiger partial charge >= 0.3 is 12.1 Å². The smallest absolute Gasteiger partial charge is 0.408 e. The number of hydrogen-bond acceptors (Lipinski definition) is 4. The van der Waals surface area contributed by atoms with Crippen molar-refractivity contribution >= 4 is 18.0 Å². The van der Waals surface area contributed by atoms with E-state index in [2.05, 4.69) is 22.8 Å². The van der Waals surface area contributed by atoms with Gasteiger partial charge in [0.2, 0.25) is 5.91 Å². The van der Waals surface area contributed by atoms with Gasteiger partial charge in [-0.25, -0.2) is 4.79 Å². The predicted octanol–water partition coefficient (Wildman–Crippen LogP) is 4.25. The first-order valence-electron chi connectivity index (χ1n) is 11.1. The molecule has 0 bridgehead atoms. The van der Waals surface area contributed by atoms with Gasteiger partial charge in [0.25, 0.3) is 0 Å². The van der Waals surface area contributed by atoms with Gasteiger partial charge in [0, 0.05) is 12.0 Å². The maximum absolute atomic E-state index is 12.9. The van der Waals surface area contributed by atoms with E-state index in [0.717, 1.165) is 22.3 Å². The number of fused-ring (bicyclic) bond motifs is 3. The Balaban J connectivity index is 1.46. The Morgan fingerprint density at radius 3 is 2.00 bits per heavy atom. The third-order valence-electron chi connectivity index (χ3n) is 5.87. The Labute approximate surface area is 197 Å². The molecule has 0 aromatic heterocycles. The summed E-state index contributed by atoms with van der Waals surface area (Å²) < 4.78 is 5.59. The molecule has 0 saturated heterocycles. The van der Waals surface area contributed by atoms with Crippen molar-refractivity contribution in [3.05, 3.63) is 95.6 Å². The fourth-order valence-corrected chi connectivity index (χ4v) is 4.34. The van der Waals surface area contributed by atoms with Crippen LogP contribution in [0.1, 0.15) is 42.0 Å². The van der Waals surface area contributed by atoms with Crippen LogP contribution in [0.5, 0.6) is 0 Å².